The topological polar surface area (TPSA) is 21.7 Å². The number of rotatable bonds is 3. The van der Waals surface area contributed by atoms with Crippen LogP contribution < -0.4 is 9.47 Å². The van der Waals surface area contributed by atoms with E-state index in [2.05, 4.69) is 24.0 Å². The van der Waals surface area contributed by atoms with Gasteiger partial charge in [0, 0.05) is 12.1 Å². The zero-order chi connectivity index (χ0) is 13.2. The van der Waals surface area contributed by atoms with E-state index in [1.807, 2.05) is 12.1 Å². The van der Waals surface area contributed by atoms with Crippen molar-refractivity contribution in [1.82, 2.24) is 4.90 Å². The first kappa shape index (κ1) is 12.5. The summed E-state index contributed by atoms with van der Waals surface area (Å²) < 4.78 is 11.3. The predicted octanol–water partition coefficient (Wildman–Crippen LogP) is 2.96. The average molecular weight is 259 g/mol. The van der Waals surface area contributed by atoms with Crippen LogP contribution in [0.5, 0.6) is 11.5 Å². The molecule has 0 fully saturated rings. The summed E-state index contributed by atoms with van der Waals surface area (Å²) in [4.78, 5) is 2.54. The minimum absolute atomic E-state index is 0.410. The fraction of sp³-hybridized carbons (Fsp3) is 0.500. The van der Waals surface area contributed by atoms with Crippen LogP contribution in [0.15, 0.2) is 24.3 Å². The van der Waals surface area contributed by atoms with Crippen LogP contribution in [0, 0.1) is 0 Å². The van der Waals surface area contributed by atoms with E-state index < -0.39 is 0 Å². The molecule has 2 aliphatic rings. The van der Waals surface area contributed by atoms with Crippen LogP contribution in [0.25, 0.3) is 5.57 Å². The molecule has 102 valence electrons. The zero-order valence-electron chi connectivity index (χ0n) is 11.7. The van der Waals surface area contributed by atoms with Gasteiger partial charge < -0.3 is 9.47 Å². The second-order valence-corrected chi connectivity index (χ2v) is 5.17. The van der Waals surface area contributed by atoms with Gasteiger partial charge in [0.15, 0.2) is 0 Å². The zero-order valence-corrected chi connectivity index (χ0v) is 11.7. The van der Waals surface area contributed by atoms with Crippen LogP contribution in [-0.4, -0.2) is 37.7 Å². The summed E-state index contributed by atoms with van der Waals surface area (Å²) in [7, 11) is 1.71. The molecule has 0 aromatic heterocycles. The van der Waals surface area contributed by atoms with Crippen LogP contribution in [0.1, 0.15) is 25.3 Å². The van der Waals surface area contributed by atoms with Gasteiger partial charge in [-0.15, -0.1) is 0 Å². The molecule has 3 nitrogen and oxygen atoms in total. The van der Waals surface area contributed by atoms with E-state index in [0.29, 0.717) is 6.04 Å². The lowest BCUT2D eigenvalue weighted by Crippen LogP contribution is -2.45. The van der Waals surface area contributed by atoms with Crippen molar-refractivity contribution in [2.75, 3.05) is 26.8 Å². The Morgan fingerprint density at radius 3 is 3.11 bits per heavy atom. The van der Waals surface area contributed by atoms with Crippen molar-refractivity contribution < 1.29 is 9.47 Å². The monoisotopic (exact) mass is 259 g/mol. The summed E-state index contributed by atoms with van der Waals surface area (Å²) in [6.45, 7) is 5.29. The van der Waals surface area contributed by atoms with Crippen molar-refractivity contribution in [2.45, 2.75) is 25.8 Å². The maximum absolute atomic E-state index is 5.93. The normalized spacial score (nSPS) is 22.0. The molecule has 0 saturated heterocycles. The average Bonchev–Trinajstić information content (AvgIpc) is 2.47. The fourth-order valence-electron chi connectivity index (χ4n) is 3.07. The molecule has 2 heterocycles. The minimum atomic E-state index is 0.410. The standard InChI is InChI=1S/C16H21NO2/c1-3-8-17-9-4-5-13-14-10-12(18-2)6-7-16(14)19-11-15(13)17/h5-7,10,15H,3-4,8-9,11H2,1-2H3. The molecule has 0 amide bonds. The van der Waals surface area contributed by atoms with Gasteiger partial charge in [0.05, 0.1) is 13.2 Å². The third kappa shape index (κ3) is 2.23. The van der Waals surface area contributed by atoms with E-state index >= 15 is 0 Å². The molecule has 0 spiro atoms. The van der Waals surface area contributed by atoms with Gasteiger partial charge in [-0.05, 0) is 43.2 Å². The van der Waals surface area contributed by atoms with Crippen molar-refractivity contribution in [3.8, 4) is 11.5 Å². The van der Waals surface area contributed by atoms with Gasteiger partial charge >= 0.3 is 0 Å². The summed E-state index contributed by atoms with van der Waals surface area (Å²) in [6, 6.07) is 6.49. The van der Waals surface area contributed by atoms with E-state index in [4.69, 9.17) is 9.47 Å². The predicted molar refractivity (Wildman–Crippen MR) is 76.7 cm³/mol. The van der Waals surface area contributed by atoms with Crippen molar-refractivity contribution in [2.24, 2.45) is 0 Å². The number of nitrogens with zero attached hydrogens (tertiary/aromatic N) is 1. The Kier molecular flexibility index (Phi) is 3.47. The van der Waals surface area contributed by atoms with E-state index in [0.717, 1.165) is 37.6 Å². The quantitative estimate of drug-likeness (QED) is 0.833. The molecule has 1 unspecified atom stereocenters. The number of methoxy groups -OCH3 is 1. The summed E-state index contributed by atoms with van der Waals surface area (Å²) in [5.74, 6) is 1.89. The van der Waals surface area contributed by atoms with E-state index in [-0.39, 0.29) is 0 Å². The van der Waals surface area contributed by atoms with Gasteiger partial charge in [0.2, 0.25) is 0 Å². The lowest BCUT2D eigenvalue weighted by Gasteiger charge is -2.39. The van der Waals surface area contributed by atoms with Gasteiger partial charge in [0.25, 0.3) is 0 Å². The first-order valence-corrected chi connectivity index (χ1v) is 7.08. The maximum Gasteiger partial charge on any atom is 0.127 e. The highest BCUT2D eigenvalue weighted by atomic mass is 16.5. The Morgan fingerprint density at radius 1 is 1.42 bits per heavy atom. The van der Waals surface area contributed by atoms with Crippen molar-refractivity contribution in [1.29, 1.82) is 0 Å². The molecule has 1 atom stereocenters. The van der Waals surface area contributed by atoms with Gasteiger partial charge in [-0.1, -0.05) is 13.0 Å². The first-order valence-electron chi connectivity index (χ1n) is 7.08. The molecule has 0 bridgehead atoms. The number of hydrogen-bond acceptors (Lipinski definition) is 3. The highest BCUT2D eigenvalue weighted by Crippen LogP contribution is 2.39. The summed E-state index contributed by atoms with van der Waals surface area (Å²) in [6.07, 6.45) is 4.69. The minimum Gasteiger partial charge on any atom is -0.497 e. The van der Waals surface area contributed by atoms with Gasteiger partial charge in [-0.2, -0.15) is 0 Å². The molecule has 3 rings (SSSR count). The molecule has 1 aromatic carbocycles. The van der Waals surface area contributed by atoms with Crippen LogP contribution in [0.4, 0.5) is 0 Å². The van der Waals surface area contributed by atoms with Crippen molar-refractivity contribution >= 4 is 5.57 Å². The van der Waals surface area contributed by atoms with Gasteiger partial charge in [-0.25, -0.2) is 0 Å². The van der Waals surface area contributed by atoms with Crippen LogP contribution in [0.3, 0.4) is 0 Å². The number of hydrogen-bond donors (Lipinski definition) is 0. The van der Waals surface area contributed by atoms with Gasteiger partial charge in [0.1, 0.15) is 18.1 Å². The first-order chi connectivity index (χ1) is 9.33. The Morgan fingerprint density at radius 2 is 2.32 bits per heavy atom. The fourth-order valence-corrected chi connectivity index (χ4v) is 3.07. The number of fused-ring (bicyclic) bond motifs is 3. The molecular formula is C16H21NO2. The lowest BCUT2D eigenvalue weighted by atomic mass is 9.90. The lowest BCUT2D eigenvalue weighted by molar-refractivity contribution is 0.157. The third-order valence-electron chi connectivity index (χ3n) is 3.99. The smallest absolute Gasteiger partial charge is 0.127 e. The van der Waals surface area contributed by atoms with Crippen molar-refractivity contribution in [3.63, 3.8) is 0 Å². The highest BCUT2D eigenvalue weighted by molar-refractivity contribution is 5.77. The van der Waals surface area contributed by atoms with Crippen molar-refractivity contribution in [3.05, 3.63) is 29.8 Å². The maximum atomic E-state index is 5.93. The van der Waals surface area contributed by atoms with E-state index in [9.17, 15) is 0 Å². The molecule has 0 aliphatic carbocycles. The summed E-state index contributed by atoms with van der Waals surface area (Å²) in [5.41, 5.74) is 2.62. The Hall–Kier alpha value is -1.48. The van der Waals surface area contributed by atoms with Crippen LogP contribution in [0.2, 0.25) is 0 Å². The van der Waals surface area contributed by atoms with Gasteiger partial charge in [-0.3, -0.25) is 4.90 Å². The molecule has 0 saturated carbocycles. The molecule has 0 radical (unpaired) electrons. The number of ether oxygens (including phenoxy) is 2. The largest absolute Gasteiger partial charge is 0.497 e. The molecule has 19 heavy (non-hydrogen) atoms. The van der Waals surface area contributed by atoms with Crippen LogP contribution >= 0.6 is 0 Å². The SMILES string of the molecule is CCCN1CCC=C2c3cc(OC)ccc3OCC21. The Labute approximate surface area is 114 Å². The second-order valence-electron chi connectivity index (χ2n) is 5.17. The Bertz CT molecular complexity index is 496. The number of benzene rings is 1. The third-order valence-corrected chi connectivity index (χ3v) is 3.99. The van der Waals surface area contributed by atoms with E-state index in [1.54, 1.807) is 7.11 Å². The highest BCUT2D eigenvalue weighted by Gasteiger charge is 2.31. The molecule has 3 heteroatoms. The molecular weight excluding hydrogens is 238 g/mol. The summed E-state index contributed by atoms with van der Waals surface area (Å²) >= 11 is 0. The Balaban J connectivity index is 1.97. The molecule has 1 aromatic rings. The second kappa shape index (κ2) is 5.25. The van der Waals surface area contributed by atoms with Crippen LogP contribution in [-0.2, 0) is 0 Å². The molecule has 2 aliphatic heterocycles. The van der Waals surface area contributed by atoms with E-state index in [1.165, 1.54) is 17.6 Å². The summed E-state index contributed by atoms with van der Waals surface area (Å²) in [5, 5.41) is 0. The molecule has 0 N–H and O–H groups in total.